The van der Waals surface area contributed by atoms with Gasteiger partial charge in [0, 0.05) is 24.8 Å². The zero-order valence-electron chi connectivity index (χ0n) is 14.3. The van der Waals surface area contributed by atoms with Gasteiger partial charge in [-0.05, 0) is 57.9 Å². The van der Waals surface area contributed by atoms with E-state index in [4.69, 9.17) is 10.5 Å². The first kappa shape index (κ1) is 16.1. The Labute approximate surface area is 138 Å². The van der Waals surface area contributed by atoms with Gasteiger partial charge in [0.15, 0.2) is 0 Å². The quantitative estimate of drug-likeness (QED) is 0.930. The normalized spacial score (nSPS) is 23.5. The summed E-state index contributed by atoms with van der Waals surface area (Å²) < 4.78 is 5.51. The largest absolute Gasteiger partial charge is 0.444 e. The highest BCUT2D eigenvalue weighted by molar-refractivity contribution is 5.70. The van der Waals surface area contributed by atoms with E-state index in [1.54, 1.807) is 0 Å². The highest BCUT2D eigenvalue weighted by Gasteiger charge is 2.46. The highest BCUT2D eigenvalue weighted by Crippen LogP contribution is 2.35. The molecule has 0 unspecified atom stereocenters. The van der Waals surface area contributed by atoms with Crippen molar-refractivity contribution in [1.29, 1.82) is 0 Å². The van der Waals surface area contributed by atoms with Crippen LogP contribution in [0.3, 0.4) is 0 Å². The predicted octanol–water partition coefficient (Wildman–Crippen LogP) is 2.39. The van der Waals surface area contributed by atoms with Crippen molar-refractivity contribution >= 4 is 11.8 Å². The van der Waals surface area contributed by atoms with Crippen molar-refractivity contribution in [2.75, 3.05) is 24.5 Å². The van der Waals surface area contributed by atoms with Crippen molar-refractivity contribution in [3.05, 3.63) is 29.8 Å². The molecule has 2 aliphatic heterocycles. The molecule has 0 aliphatic carbocycles. The summed E-state index contributed by atoms with van der Waals surface area (Å²) in [5.41, 5.74) is 7.68. The Morgan fingerprint density at radius 3 is 2.43 bits per heavy atom. The van der Waals surface area contributed by atoms with Gasteiger partial charge in [-0.25, -0.2) is 4.79 Å². The van der Waals surface area contributed by atoms with E-state index in [0.29, 0.717) is 12.6 Å². The Bertz CT molecular complexity index is 565. The molecule has 23 heavy (non-hydrogen) atoms. The molecule has 1 aromatic carbocycles. The average Bonchev–Trinajstić information content (AvgIpc) is 3.07. The van der Waals surface area contributed by atoms with Crippen LogP contribution in [0.25, 0.3) is 0 Å². The number of amides is 1. The molecule has 1 amide bonds. The molecule has 2 atom stereocenters. The number of anilines is 1. The topological polar surface area (TPSA) is 58.8 Å². The van der Waals surface area contributed by atoms with Gasteiger partial charge in [0.25, 0.3) is 0 Å². The smallest absolute Gasteiger partial charge is 0.410 e. The number of nitrogens with zero attached hydrogens (tertiary/aromatic N) is 2. The third-order valence-electron chi connectivity index (χ3n) is 4.57. The van der Waals surface area contributed by atoms with E-state index < -0.39 is 5.60 Å². The van der Waals surface area contributed by atoms with Crippen molar-refractivity contribution in [1.82, 2.24) is 4.90 Å². The Kier molecular flexibility index (Phi) is 4.23. The maximum atomic E-state index is 12.3. The second-order valence-corrected chi connectivity index (χ2v) is 7.53. The fourth-order valence-electron chi connectivity index (χ4n) is 3.55. The second kappa shape index (κ2) is 6.04. The van der Waals surface area contributed by atoms with Gasteiger partial charge in [-0.3, -0.25) is 0 Å². The first-order chi connectivity index (χ1) is 10.9. The maximum Gasteiger partial charge on any atom is 0.410 e. The van der Waals surface area contributed by atoms with Crippen molar-refractivity contribution in [2.45, 2.75) is 51.3 Å². The number of nitrogens with two attached hydrogens (primary N) is 1. The maximum absolute atomic E-state index is 12.3. The molecule has 2 bridgehead atoms. The minimum absolute atomic E-state index is 0.178. The monoisotopic (exact) mass is 317 g/mol. The molecule has 2 saturated heterocycles. The summed E-state index contributed by atoms with van der Waals surface area (Å²) in [6.45, 7) is 8.06. The van der Waals surface area contributed by atoms with E-state index in [1.165, 1.54) is 11.3 Å². The van der Waals surface area contributed by atoms with Gasteiger partial charge in [-0.1, -0.05) is 12.1 Å². The number of benzene rings is 1. The van der Waals surface area contributed by atoms with Gasteiger partial charge >= 0.3 is 6.09 Å². The van der Waals surface area contributed by atoms with Gasteiger partial charge in [-0.2, -0.15) is 0 Å². The first-order valence-corrected chi connectivity index (χ1v) is 8.42. The minimum atomic E-state index is -0.433. The van der Waals surface area contributed by atoms with Crippen LogP contribution in [0.15, 0.2) is 24.3 Å². The summed E-state index contributed by atoms with van der Waals surface area (Å²) in [5, 5.41) is 0. The number of rotatable bonds is 3. The van der Waals surface area contributed by atoms with Gasteiger partial charge in [0.1, 0.15) is 5.60 Å². The van der Waals surface area contributed by atoms with E-state index in [9.17, 15) is 4.79 Å². The molecular weight excluding hydrogens is 290 g/mol. The van der Waals surface area contributed by atoms with Crippen LogP contribution < -0.4 is 10.6 Å². The Balaban J connectivity index is 1.63. The number of hydrogen-bond donors (Lipinski definition) is 1. The molecule has 2 N–H and O–H groups in total. The molecule has 3 rings (SSSR count). The van der Waals surface area contributed by atoms with Gasteiger partial charge < -0.3 is 20.3 Å². The lowest BCUT2D eigenvalue weighted by Gasteiger charge is -2.36. The van der Waals surface area contributed by atoms with Gasteiger partial charge in [0.05, 0.1) is 6.04 Å². The van der Waals surface area contributed by atoms with Crippen molar-refractivity contribution in [2.24, 2.45) is 5.73 Å². The first-order valence-electron chi connectivity index (χ1n) is 8.42. The average molecular weight is 317 g/mol. The lowest BCUT2D eigenvalue weighted by Crippen LogP contribution is -2.50. The van der Waals surface area contributed by atoms with Crippen LogP contribution >= 0.6 is 0 Å². The lowest BCUT2D eigenvalue weighted by atomic mass is 10.1. The molecule has 0 radical (unpaired) electrons. The van der Waals surface area contributed by atoms with Crippen LogP contribution in [-0.2, 0) is 11.2 Å². The van der Waals surface area contributed by atoms with Crippen LogP contribution in [0, 0.1) is 0 Å². The van der Waals surface area contributed by atoms with Crippen LogP contribution in [0.4, 0.5) is 10.5 Å². The highest BCUT2D eigenvalue weighted by atomic mass is 16.6. The van der Waals surface area contributed by atoms with Gasteiger partial charge in [0.2, 0.25) is 0 Å². The molecule has 126 valence electrons. The summed E-state index contributed by atoms with van der Waals surface area (Å²) in [4.78, 5) is 16.6. The molecule has 2 heterocycles. The summed E-state index contributed by atoms with van der Waals surface area (Å²) in [6, 6.07) is 9.30. The molecule has 2 aliphatic rings. The molecular formula is C18H27N3O2. The SMILES string of the molecule is CC(C)(C)OC(=O)N1C[C@H]2C[C@@H]1CN2c1ccc(CCN)cc1. The molecule has 0 saturated carbocycles. The summed E-state index contributed by atoms with van der Waals surface area (Å²) in [5.74, 6) is 0. The summed E-state index contributed by atoms with van der Waals surface area (Å²) in [7, 11) is 0. The van der Waals surface area contributed by atoms with Crippen molar-refractivity contribution < 1.29 is 9.53 Å². The number of likely N-dealkylation sites (tertiary alicyclic amines) is 1. The van der Waals surface area contributed by atoms with E-state index in [-0.39, 0.29) is 12.1 Å². The number of piperazine rings is 1. The van der Waals surface area contributed by atoms with E-state index in [2.05, 4.69) is 29.2 Å². The van der Waals surface area contributed by atoms with E-state index in [0.717, 1.165) is 25.9 Å². The Morgan fingerprint density at radius 1 is 1.22 bits per heavy atom. The zero-order valence-corrected chi connectivity index (χ0v) is 14.3. The third kappa shape index (κ3) is 3.44. The summed E-state index contributed by atoms with van der Waals surface area (Å²) in [6.07, 6.45) is 1.77. The van der Waals surface area contributed by atoms with Crippen molar-refractivity contribution in [3.8, 4) is 0 Å². The molecule has 5 heteroatoms. The minimum Gasteiger partial charge on any atom is -0.444 e. The molecule has 5 nitrogen and oxygen atoms in total. The molecule has 2 fully saturated rings. The van der Waals surface area contributed by atoms with Gasteiger partial charge in [-0.15, -0.1) is 0 Å². The Hall–Kier alpha value is -1.75. The van der Waals surface area contributed by atoms with Crippen LogP contribution in [0.5, 0.6) is 0 Å². The number of carbonyl (C=O) groups is 1. The lowest BCUT2D eigenvalue weighted by molar-refractivity contribution is 0.0215. The number of carbonyl (C=O) groups excluding carboxylic acids is 1. The van der Waals surface area contributed by atoms with Crippen LogP contribution in [0.2, 0.25) is 0 Å². The van der Waals surface area contributed by atoms with Crippen LogP contribution in [-0.4, -0.2) is 48.3 Å². The predicted molar refractivity (Wildman–Crippen MR) is 91.7 cm³/mol. The molecule has 1 aromatic rings. The number of ether oxygens (including phenoxy) is 1. The number of hydrogen-bond acceptors (Lipinski definition) is 4. The third-order valence-corrected chi connectivity index (χ3v) is 4.57. The number of fused-ring (bicyclic) bond motifs is 2. The zero-order chi connectivity index (χ0) is 16.6. The standard InChI is InChI=1S/C18H27N3O2/c1-18(2,3)23-17(22)21-12-15-10-16(21)11-20(15)14-6-4-13(5-7-14)8-9-19/h4-7,15-16H,8-12,19H2,1-3H3/t15-,16-/m1/s1. The van der Waals surface area contributed by atoms with Crippen molar-refractivity contribution in [3.63, 3.8) is 0 Å². The molecule has 0 spiro atoms. The Morgan fingerprint density at radius 2 is 1.91 bits per heavy atom. The second-order valence-electron chi connectivity index (χ2n) is 7.53. The fourth-order valence-corrected chi connectivity index (χ4v) is 3.55. The molecule has 0 aromatic heterocycles. The van der Waals surface area contributed by atoms with E-state index >= 15 is 0 Å². The summed E-state index contributed by atoms with van der Waals surface area (Å²) >= 11 is 0. The fraction of sp³-hybridized carbons (Fsp3) is 0.611. The van der Waals surface area contributed by atoms with Crippen LogP contribution in [0.1, 0.15) is 32.8 Å². The van der Waals surface area contributed by atoms with E-state index in [1.807, 2.05) is 25.7 Å².